The van der Waals surface area contributed by atoms with Crippen LogP contribution < -0.4 is 9.80 Å². The molecule has 5 nitrogen and oxygen atoms in total. The number of carbonyl (C=O) groups is 2. The first-order valence-electron chi connectivity index (χ1n) is 10.6. The molecule has 0 atom stereocenters. The largest absolute Gasteiger partial charge is 0.368 e. The lowest BCUT2D eigenvalue weighted by Gasteiger charge is -2.37. The van der Waals surface area contributed by atoms with Crippen LogP contribution in [0.25, 0.3) is 0 Å². The van der Waals surface area contributed by atoms with Crippen LogP contribution in [0.5, 0.6) is 0 Å². The van der Waals surface area contributed by atoms with Crippen LogP contribution in [0, 0.1) is 13.8 Å². The van der Waals surface area contributed by atoms with Crippen molar-refractivity contribution in [2.45, 2.75) is 33.1 Å². The Balaban J connectivity index is 1.39. The van der Waals surface area contributed by atoms with Crippen molar-refractivity contribution in [3.63, 3.8) is 0 Å². The Bertz CT molecular complexity index is 899. The molecule has 29 heavy (non-hydrogen) atoms. The van der Waals surface area contributed by atoms with E-state index in [0.29, 0.717) is 12.0 Å². The normalized spacial score (nSPS) is 17.6. The molecule has 2 amide bonds. The van der Waals surface area contributed by atoms with E-state index in [0.717, 1.165) is 51.3 Å². The molecule has 0 aliphatic carbocycles. The van der Waals surface area contributed by atoms with Gasteiger partial charge in [0.05, 0.1) is 0 Å². The molecule has 2 aromatic carbocycles. The number of benzene rings is 2. The molecule has 2 heterocycles. The van der Waals surface area contributed by atoms with Crippen LogP contribution in [-0.4, -0.2) is 49.4 Å². The summed E-state index contributed by atoms with van der Waals surface area (Å²) < 4.78 is 0. The monoisotopic (exact) mass is 391 g/mol. The molecule has 5 heteroatoms. The first-order chi connectivity index (χ1) is 14.0. The molecule has 0 saturated carbocycles. The molecule has 2 aromatic rings. The molecule has 2 aliphatic heterocycles. The molecular formula is C24H29N3O2. The van der Waals surface area contributed by atoms with E-state index in [9.17, 15) is 9.59 Å². The van der Waals surface area contributed by atoms with Crippen LogP contribution in [0.15, 0.2) is 42.5 Å². The van der Waals surface area contributed by atoms with Crippen molar-refractivity contribution in [3.05, 3.63) is 59.2 Å². The lowest BCUT2D eigenvalue weighted by atomic mass is 10.1. The van der Waals surface area contributed by atoms with Crippen LogP contribution in [0.2, 0.25) is 0 Å². The van der Waals surface area contributed by atoms with Gasteiger partial charge in [0.15, 0.2) is 0 Å². The summed E-state index contributed by atoms with van der Waals surface area (Å²) in [6, 6.07) is 13.9. The summed E-state index contributed by atoms with van der Waals surface area (Å²) in [5, 5.41) is 0. The molecule has 152 valence electrons. The van der Waals surface area contributed by atoms with Crippen molar-refractivity contribution >= 4 is 23.2 Å². The van der Waals surface area contributed by atoms with Gasteiger partial charge in [0, 0.05) is 56.1 Å². The fourth-order valence-electron chi connectivity index (χ4n) is 4.27. The summed E-state index contributed by atoms with van der Waals surface area (Å²) >= 11 is 0. The van der Waals surface area contributed by atoms with E-state index in [2.05, 4.69) is 36.9 Å². The fourth-order valence-corrected chi connectivity index (χ4v) is 4.27. The van der Waals surface area contributed by atoms with Crippen LogP contribution in [-0.2, 0) is 4.79 Å². The lowest BCUT2D eigenvalue weighted by molar-refractivity contribution is -0.119. The van der Waals surface area contributed by atoms with Gasteiger partial charge in [0.25, 0.3) is 5.91 Å². The van der Waals surface area contributed by atoms with E-state index in [1.54, 1.807) is 0 Å². The topological polar surface area (TPSA) is 43.9 Å². The van der Waals surface area contributed by atoms with Crippen molar-refractivity contribution < 1.29 is 9.59 Å². The number of hydrogen-bond donors (Lipinski definition) is 0. The third-order valence-electron chi connectivity index (χ3n) is 6.23. The second kappa shape index (κ2) is 8.27. The van der Waals surface area contributed by atoms with E-state index in [1.807, 2.05) is 34.1 Å². The van der Waals surface area contributed by atoms with Crippen molar-refractivity contribution in [1.29, 1.82) is 0 Å². The number of aryl methyl sites for hydroxylation is 1. The van der Waals surface area contributed by atoms with Crippen molar-refractivity contribution in [2.24, 2.45) is 0 Å². The van der Waals surface area contributed by atoms with Gasteiger partial charge >= 0.3 is 0 Å². The zero-order valence-corrected chi connectivity index (χ0v) is 17.4. The summed E-state index contributed by atoms with van der Waals surface area (Å²) in [5.41, 5.74) is 5.47. The number of anilines is 2. The van der Waals surface area contributed by atoms with Crippen LogP contribution in [0.1, 0.15) is 40.7 Å². The van der Waals surface area contributed by atoms with Crippen molar-refractivity contribution in [1.82, 2.24) is 4.90 Å². The second-order valence-corrected chi connectivity index (χ2v) is 8.05. The Morgan fingerprint density at radius 2 is 1.59 bits per heavy atom. The van der Waals surface area contributed by atoms with Gasteiger partial charge in [-0.2, -0.15) is 0 Å². The van der Waals surface area contributed by atoms with Gasteiger partial charge in [0.1, 0.15) is 0 Å². The minimum absolute atomic E-state index is 0.0714. The number of piperidine rings is 1. The molecule has 0 bridgehead atoms. The summed E-state index contributed by atoms with van der Waals surface area (Å²) in [5.74, 6) is 0.250. The first kappa shape index (κ1) is 19.5. The van der Waals surface area contributed by atoms with Crippen LogP contribution in [0.4, 0.5) is 11.4 Å². The van der Waals surface area contributed by atoms with E-state index in [1.165, 1.54) is 16.8 Å². The van der Waals surface area contributed by atoms with E-state index >= 15 is 0 Å². The zero-order chi connectivity index (χ0) is 20.4. The third kappa shape index (κ3) is 4.00. The molecule has 0 N–H and O–H groups in total. The average Bonchev–Trinajstić information content (AvgIpc) is 2.76. The Kier molecular flexibility index (Phi) is 5.56. The first-order valence-corrected chi connectivity index (χ1v) is 10.6. The minimum Gasteiger partial charge on any atom is -0.368 e. The van der Waals surface area contributed by atoms with Crippen molar-refractivity contribution in [2.75, 3.05) is 42.5 Å². The molecule has 0 radical (unpaired) electrons. The van der Waals surface area contributed by atoms with E-state index in [-0.39, 0.29) is 11.8 Å². The Hall–Kier alpha value is -2.82. The number of piperazine rings is 1. The lowest BCUT2D eigenvalue weighted by Crippen LogP contribution is -2.49. The minimum atomic E-state index is 0.0714. The standard InChI is InChI=1S/C24H29N3O2/c1-18-6-5-7-22(19(18)2)25-14-16-26(17-15-25)24(29)20-9-11-21(12-10-20)27-13-4-3-8-23(27)28/h5-7,9-12H,3-4,8,13-17H2,1-2H3. The predicted octanol–water partition coefficient (Wildman–Crippen LogP) is 3.78. The predicted molar refractivity (Wildman–Crippen MR) is 117 cm³/mol. The highest BCUT2D eigenvalue weighted by molar-refractivity contribution is 5.97. The van der Waals surface area contributed by atoms with Crippen molar-refractivity contribution in [3.8, 4) is 0 Å². The Labute approximate surface area is 172 Å². The highest BCUT2D eigenvalue weighted by Crippen LogP contribution is 2.25. The van der Waals surface area contributed by atoms with Gasteiger partial charge < -0.3 is 14.7 Å². The molecule has 2 aliphatic rings. The highest BCUT2D eigenvalue weighted by atomic mass is 16.2. The molecular weight excluding hydrogens is 362 g/mol. The Morgan fingerprint density at radius 1 is 0.862 bits per heavy atom. The second-order valence-electron chi connectivity index (χ2n) is 8.05. The summed E-state index contributed by atoms with van der Waals surface area (Å²) in [7, 11) is 0. The van der Waals surface area contributed by atoms with Gasteiger partial charge in [-0.05, 0) is 68.1 Å². The number of amides is 2. The maximum absolute atomic E-state index is 12.9. The highest BCUT2D eigenvalue weighted by Gasteiger charge is 2.24. The molecule has 2 fully saturated rings. The van der Waals surface area contributed by atoms with Gasteiger partial charge in [-0.1, -0.05) is 12.1 Å². The third-order valence-corrected chi connectivity index (χ3v) is 6.23. The number of carbonyl (C=O) groups excluding carboxylic acids is 2. The van der Waals surface area contributed by atoms with Crippen LogP contribution >= 0.6 is 0 Å². The number of rotatable bonds is 3. The number of hydrogen-bond acceptors (Lipinski definition) is 3. The molecule has 0 spiro atoms. The summed E-state index contributed by atoms with van der Waals surface area (Å²) in [6.07, 6.45) is 2.63. The summed E-state index contributed by atoms with van der Waals surface area (Å²) in [4.78, 5) is 31.2. The average molecular weight is 392 g/mol. The zero-order valence-electron chi connectivity index (χ0n) is 17.4. The fraction of sp³-hybridized carbons (Fsp3) is 0.417. The number of nitrogens with zero attached hydrogens (tertiary/aromatic N) is 3. The molecule has 0 unspecified atom stereocenters. The molecule has 2 saturated heterocycles. The van der Waals surface area contributed by atoms with Gasteiger partial charge in [-0.25, -0.2) is 0 Å². The van der Waals surface area contributed by atoms with Gasteiger partial charge in [-0.15, -0.1) is 0 Å². The van der Waals surface area contributed by atoms with E-state index in [4.69, 9.17) is 0 Å². The van der Waals surface area contributed by atoms with Gasteiger partial charge in [0.2, 0.25) is 5.91 Å². The van der Waals surface area contributed by atoms with Crippen LogP contribution in [0.3, 0.4) is 0 Å². The molecule has 4 rings (SSSR count). The molecule has 0 aromatic heterocycles. The van der Waals surface area contributed by atoms with Gasteiger partial charge in [-0.3, -0.25) is 9.59 Å². The quantitative estimate of drug-likeness (QED) is 0.800. The SMILES string of the molecule is Cc1cccc(N2CCN(C(=O)c3ccc(N4CCCCC4=O)cc3)CC2)c1C. The van der Waals surface area contributed by atoms with E-state index < -0.39 is 0 Å². The summed E-state index contributed by atoms with van der Waals surface area (Å²) in [6.45, 7) is 8.20. The maximum atomic E-state index is 12.9. The Morgan fingerprint density at radius 3 is 2.28 bits per heavy atom. The maximum Gasteiger partial charge on any atom is 0.253 e. The smallest absolute Gasteiger partial charge is 0.253 e.